The van der Waals surface area contributed by atoms with Gasteiger partial charge >= 0.3 is 0 Å². The second kappa shape index (κ2) is 5.38. The Kier molecular flexibility index (Phi) is 3.74. The molecule has 110 valence electrons. The van der Waals surface area contributed by atoms with Crippen LogP contribution in [-0.2, 0) is 6.42 Å². The minimum atomic E-state index is 0.395. The smallest absolute Gasteiger partial charge is 0.115 e. The van der Waals surface area contributed by atoms with Crippen LogP contribution in [0.3, 0.4) is 0 Å². The normalized spacial score (nSPS) is 25.6. The lowest BCUT2D eigenvalue weighted by Crippen LogP contribution is -2.42. The summed E-state index contributed by atoms with van der Waals surface area (Å²) in [7, 11) is 2.21. The fourth-order valence-electron chi connectivity index (χ4n) is 3.52. The van der Waals surface area contributed by atoms with Gasteiger partial charge in [0.1, 0.15) is 5.75 Å². The molecule has 0 bridgehead atoms. The first kappa shape index (κ1) is 13.9. The molecule has 3 nitrogen and oxygen atoms in total. The van der Waals surface area contributed by atoms with E-state index in [-0.39, 0.29) is 0 Å². The highest BCUT2D eigenvalue weighted by Gasteiger charge is 2.30. The molecular formula is C17H26N2O. The largest absolute Gasteiger partial charge is 0.508 e. The van der Waals surface area contributed by atoms with E-state index >= 15 is 0 Å². The molecule has 2 N–H and O–H groups in total. The molecule has 0 aromatic heterocycles. The minimum absolute atomic E-state index is 0.395. The molecule has 1 aliphatic heterocycles. The molecule has 3 rings (SSSR count). The van der Waals surface area contributed by atoms with E-state index in [4.69, 9.17) is 0 Å². The molecule has 1 saturated heterocycles. The quantitative estimate of drug-likeness (QED) is 0.889. The summed E-state index contributed by atoms with van der Waals surface area (Å²) in [4.78, 5) is 2.43. The summed E-state index contributed by atoms with van der Waals surface area (Å²) in [5, 5.41) is 13.3. The molecule has 0 spiro atoms. The second-order valence-corrected chi connectivity index (χ2v) is 6.97. The third-order valence-electron chi connectivity index (χ3n) is 5.17. The number of aryl methyl sites for hydroxylation is 1. The van der Waals surface area contributed by atoms with Gasteiger partial charge in [0, 0.05) is 12.6 Å². The summed E-state index contributed by atoms with van der Waals surface area (Å²) < 4.78 is 0. The molecule has 0 saturated carbocycles. The number of nitrogens with one attached hydrogen (secondary N) is 1. The standard InChI is InChI=1S/C17H26N2O/c1-17(7-9-19(2)10-8-17)12-18-16-6-3-13-11-14(20)4-5-15(13)16/h4-5,11,16,18,20H,3,6-10,12H2,1-2H3. The van der Waals surface area contributed by atoms with Crippen molar-refractivity contribution >= 4 is 0 Å². The van der Waals surface area contributed by atoms with E-state index < -0.39 is 0 Å². The fraction of sp³-hybridized carbons (Fsp3) is 0.647. The lowest BCUT2D eigenvalue weighted by atomic mass is 9.80. The van der Waals surface area contributed by atoms with Crippen LogP contribution in [0.1, 0.15) is 43.4 Å². The number of piperidine rings is 1. The van der Waals surface area contributed by atoms with Crippen molar-refractivity contribution < 1.29 is 5.11 Å². The van der Waals surface area contributed by atoms with Crippen molar-refractivity contribution in [3.05, 3.63) is 29.3 Å². The molecule has 1 atom stereocenters. The van der Waals surface area contributed by atoms with Crippen LogP contribution < -0.4 is 5.32 Å². The lowest BCUT2D eigenvalue weighted by molar-refractivity contribution is 0.133. The monoisotopic (exact) mass is 274 g/mol. The van der Waals surface area contributed by atoms with Crippen molar-refractivity contribution in [1.82, 2.24) is 10.2 Å². The van der Waals surface area contributed by atoms with Crippen LogP contribution in [0.2, 0.25) is 0 Å². The molecule has 3 heteroatoms. The molecule has 2 aliphatic rings. The predicted octanol–water partition coefficient (Wildman–Crippen LogP) is 2.70. The molecule has 1 aromatic rings. The van der Waals surface area contributed by atoms with Crippen LogP contribution in [0.5, 0.6) is 5.75 Å². The molecule has 1 heterocycles. The van der Waals surface area contributed by atoms with Gasteiger partial charge < -0.3 is 15.3 Å². The van der Waals surface area contributed by atoms with E-state index in [0.29, 0.717) is 17.2 Å². The summed E-state index contributed by atoms with van der Waals surface area (Å²) in [5.41, 5.74) is 3.14. The zero-order valence-electron chi connectivity index (χ0n) is 12.7. The summed E-state index contributed by atoms with van der Waals surface area (Å²) in [5.74, 6) is 0.395. The van der Waals surface area contributed by atoms with Crippen LogP contribution >= 0.6 is 0 Å². The maximum absolute atomic E-state index is 9.56. The minimum Gasteiger partial charge on any atom is -0.508 e. The summed E-state index contributed by atoms with van der Waals surface area (Å²) in [6, 6.07) is 6.30. The van der Waals surface area contributed by atoms with Gasteiger partial charge in [0.15, 0.2) is 0 Å². The van der Waals surface area contributed by atoms with Crippen LogP contribution in [0, 0.1) is 5.41 Å². The maximum atomic E-state index is 9.56. The van der Waals surface area contributed by atoms with Gasteiger partial charge in [-0.1, -0.05) is 13.0 Å². The van der Waals surface area contributed by atoms with E-state index in [9.17, 15) is 5.11 Å². The summed E-state index contributed by atoms with van der Waals surface area (Å²) in [6.07, 6.45) is 4.81. The molecular weight excluding hydrogens is 248 g/mol. The number of rotatable bonds is 3. The highest BCUT2D eigenvalue weighted by molar-refractivity contribution is 5.40. The number of phenols is 1. The Bertz CT molecular complexity index is 478. The van der Waals surface area contributed by atoms with Gasteiger partial charge in [-0.15, -0.1) is 0 Å². The first-order chi connectivity index (χ1) is 9.56. The molecule has 1 aromatic carbocycles. The number of fused-ring (bicyclic) bond motifs is 1. The van der Waals surface area contributed by atoms with Crippen molar-refractivity contribution in [3.8, 4) is 5.75 Å². The first-order valence-electron chi connectivity index (χ1n) is 7.79. The molecule has 0 radical (unpaired) electrons. The number of likely N-dealkylation sites (tertiary alicyclic amines) is 1. The third-order valence-corrected chi connectivity index (χ3v) is 5.17. The SMILES string of the molecule is CN1CCC(C)(CNC2CCc3cc(O)ccc32)CC1. The van der Waals surface area contributed by atoms with Crippen LogP contribution in [0.25, 0.3) is 0 Å². The van der Waals surface area contributed by atoms with Gasteiger partial charge in [-0.25, -0.2) is 0 Å². The Labute approximate surface area is 122 Å². The second-order valence-electron chi connectivity index (χ2n) is 6.97. The highest BCUT2D eigenvalue weighted by atomic mass is 16.3. The van der Waals surface area contributed by atoms with Crippen LogP contribution in [0.4, 0.5) is 0 Å². The number of nitrogens with zero attached hydrogens (tertiary/aromatic N) is 1. The van der Waals surface area contributed by atoms with Crippen molar-refractivity contribution in [3.63, 3.8) is 0 Å². The Morgan fingerprint density at radius 3 is 2.85 bits per heavy atom. The van der Waals surface area contributed by atoms with E-state index in [0.717, 1.165) is 19.4 Å². The number of hydrogen-bond donors (Lipinski definition) is 2. The van der Waals surface area contributed by atoms with Gasteiger partial charge in [0.2, 0.25) is 0 Å². The molecule has 1 aliphatic carbocycles. The zero-order chi connectivity index (χ0) is 14.2. The van der Waals surface area contributed by atoms with Gasteiger partial charge in [-0.3, -0.25) is 0 Å². The summed E-state index contributed by atoms with van der Waals surface area (Å²) in [6.45, 7) is 5.95. The van der Waals surface area contributed by atoms with Gasteiger partial charge in [0.25, 0.3) is 0 Å². The summed E-state index contributed by atoms with van der Waals surface area (Å²) >= 11 is 0. The predicted molar refractivity (Wildman–Crippen MR) is 82.0 cm³/mol. The molecule has 0 amide bonds. The lowest BCUT2D eigenvalue weighted by Gasteiger charge is -2.38. The van der Waals surface area contributed by atoms with Crippen LogP contribution in [0.15, 0.2) is 18.2 Å². The van der Waals surface area contributed by atoms with Gasteiger partial charge in [0.05, 0.1) is 0 Å². The number of phenolic OH excluding ortho intramolecular Hbond substituents is 1. The fourth-order valence-corrected chi connectivity index (χ4v) is 3.52. The zero-order valence-corrected chi connectivity index (χ0v) is 12.7. The molecule has 1 unspecified atom stereocenters. The Morgan fingerprint density at radius 2 is 2.10 bits per heavy atom. The topological polar surface area (TPSA) is 35.5 Å². The van der Waals surface area contributed by atoms with Crippen LogP contribution in [-0.4, -0.2) is 36.7 Å². The maximum Gasteiger partial charge on any atom is 0.115 e. The number of hydrogen-bond acceptors (Lipinski definition) is 3. The average molecular weight is 274 g/mol. The van der Waals surface area contributed by atoms with Crippen molar-refractivity contribution in [2.75, 3.05) is 26.7 Å². The Morgan fingerprint density at radius 1 is 1.35 bits per heavy atom. The molecule has 1 fully saturated rings. The van der Waals surface area contributed by atoms with Gasteiger partial charge in [-0.2, -0.15) is 0 Å². The van der Waals surface area contributed by atoms with Gasteiger partial charge in [-0.05, 0) is 74.5 Å². The number of benzene rings is 1. The number of aromatic hydroxyl groups is 1. The van der Waals surface area contributed by atoms with Crippen molar-refractivity contribution in [2.24, 2.45) is 5.41 Å². The molecule has 20 heavy (non-hydrogen) atoms. The van der Waals surface area contributed by atoms with Crippen molar-refractivity contribution in [2.45, 2.75) is 38.6 Å². The van der Waals surface area contributed by atoms with E-state index in [1.54, 1.807) is 0 Å². The van der Waals surface area contributed by atoms with E-state index in [2.05, 4.69) is 30.3 Å². The average Bonchev–Trinajstić information content (AvgIpc) is 2.83. The first-order valence-corrected chi connectivity index (χ1v) is 7.79. The van der Waals surface area contributed by atoms with Crippen molar-refractivity contribution in [1.29, 1.82) is 0 Å². The van der Waals surface area contributed by atoms with E-state index in [1.165, 1.54) is 37.1 Å². The highest BCUT2D eigenvalue weighted by Crippen LogP contribution is 2.35. The Balaban J connectivity index is 1.60. The van der Waals surface area contributed by atoms with E-state index in [1.807, 2.05) is 12.1 Å². The third kappa shape index (κ3) is 2.84. The Hall–Kier alpha value is -1.06.